The first-order valence-corrected chi connectivity index (χ1v) is 8.25. The van der Waals surface area contributed by atoms with Gasteiger partial charge in [-0.05, 0) is 12.8 Å². The van der Waals surface area contributed by atoms with Crippen LogP contribution in [0.4, 0.5) is 5.13 Å². The molecular weight excluding hydrogens is 312 g/mol. The Morgan fingerprint density at radius 1 is 1.26 bits per heavy atom. The Labute approximate surface area is 139 Å². The Morgan fingerprint density at radius 3 is 2.61 bits per heavy atom. The summed E-state index contributed by atoms with van der Waals surface area (Å²) in [5, 5.41) is 3.52. The molecule has 0 bridgehead atoms. The van der Waals surface area contributed by atoms with Crippen molar-refractivity contribution in [2.24, 2.45) is 5.92 Å². The Morgan fingerprint density at radius 2 is 1.96 bits per heavy atom. The predicted molar refractivity (Wildman–Crippen MR) is 91.2 cm³/mol. The van der Waals surface area contributed by atoms with Gasteiger partial charge in [0, 0.05) is 5.56 Å². The topological polar surface area (TPSA) is 68.3 Å². The molecule has 0 radical (unpaired) electrons. The van der Waals surface area contributed by atoms with Crippen LogP contribution in [0.2, 0.25) is 0 Å². The molecule has 0 saturated heterocycles. The van der Waals surface area contributed by atoms with E-state index < -0.39 is 0 Å². The lowest BCUT2D eigenvalue weighted by Crippen LogP contribution is -2.13. The van der Waals surface area contributed by atoms with Gasteiger partial charge in [0.15, 0.2) is 10.9 Å². The van der Waals surface area contributed by atoms with Crippen molar-refractivity contribution in [3.05, 3.63) is 46.5 Å². The smallest absolute Gasteiger partial charge is 0.350 e. The van der Waals surface area contributed by atoms with Crippen LogP contribution in [0.1, 0.15) is 39.6 Å². The van der Waals surface area contributed by atoms with E-state index in [1.807, 2.05) is 32.0 Å². The summed E-state index contributed by atoms with van der Waals surface area (Å²) in [6.45, 7) is 6.24. The number of nitrogens with zero attached hydrogens (tertiary/aromatic N) is 1. The zero-order chi connectivity index (χ0) is 16.8. The predicted octanol–water partition coefficient (Wildman–Crippen LogP) is 3.56. The molecule has 122 valence electrons. The van der Waals surface area contributed by atoms with Crippen LogP contribution in [0.15, 0.2) is 30.3 Å². The molecule has 0 amide bonds. The minimum atomic E-state index is -0.365. The summed E-state index contributed by atoms with van der Waals surface area (Å²) in [6.07, 6.45) is 0. The van der Waals surface area contributed by atoms with E-state index in [2.05, 4.69) is 10.3 Å². The Bertz CT molecular complexity index is 680. The molecule has 0 aliphatic rings. The maximum absolute atomic E-state index is 12.0. The largest absolute Gasteiger partial charge is 0.461 e. The first kappa shape index (κ1) is 17.1. The van der Waals surface area contributed by atoms with Crippen molar-refractivity contribution in [1.82, 2.24) is 4.98 Å². The maximum Gasteiger partial charge on any atom is 0.350 e. The van der Waals surface area contributed by atoms with Gasteiger partial charge in [0.25, 0.3) is 0 Å². The van der Waals surface area contributed by atoms with E-state index in [0.717, 1.165) is 0 Å². The third kappa shape index (κ3) is 4.89. The van der Waals surface area contributed by atoms with E-state index in [4.69, 9.17) is 4.74 Å². The third-order valence-corrected chi connectivity index (χ3v) is 4.12. The molecule has 1 N–H and O–H groups in total. The number of hydrogen-bond donors (Lipinski definition) is 1. The van der Waals surface area contributed by atoms with Crippen LogP contribution >= 0.6 is 11.3 Å². The van der Waals surface area contributed by atoms with Crippen LogP contribution in [0, 0.1) is 12.8 Å². The molecule has 1 aromatic carbocycles. The highest BCUT2D eigenvalue weighted by Crippen LogP contribution is 2.23. The van der Waals surface area contributed by atoms with Gasteiger partial charge in [0.2, 0.25) is 0 Å². The van der Waals surface area contributed by atoms with Gasteiger partial charge in [0.1, 0.15) is 4.88 Å². The second kappa shape index (κ2) is 7.87. The van der Waals surface area contributed by atoms with Crippen molar-refractivity contribution < 1.29 is 14.3 Å². The van der Waals surface area contributed by atoms with Gasteiger partial charge in [-0.2, -0.15) is 0 Å². The summed E-state index contributed by atoms with van der Waals surface area (Å²) in [5.41, 5.74) is 1.25. The number of ketones is 1. The van der Waals surface area contributed by atoms with Gasteiger partial charge in [0.05, 0.1) is 18.8 Å². The number of carbonyl (C=O) groups is 2. The summed E-state index contributed by atoms with van der Waals surface area (Å²) < 4.78 is 5.22. The number of ether oxygens (including phenoxy) is 1. The molecular formula is C17H20N2O3S. The van der Waals surface area contributed by atoms with Crippen LogP contribution in [0.5, 0.6) is 0 Å². The van der Waals surface area contributed by atoms with Gasteiger partial charge in [-0.15, -0.1) is 0 Å². The highest BCUT2D eigenvalue weighted by Gasteiger charge is 2.17. The first-order valence-electron chi connectivity index (χ1n) is 7.44. The fraction of sp³-hybridized carbons (Fsp3) is 0.353. The SMILES string of the molecule is Cc1nc(NCC(=O)c2ccccc2)sc1C(=O)OCC(C)C. The molecule has 23 heavy (non-hydrogen) atoms. The summed E-state index contributed by atoms with van der Waals surface area (Å²) in [7, 11) is 0. The van der Waals surface area contributed by atoms with Crippen molar-refractivity contribution in [3.8, 4) is 0 Å². The molecule has 0 aliphatic carbocycles. The van der Waals surface area contributed by atoms with E-state index in [1.165, 1.54) is 11.3 Å². The molecule has 0 fully saturated rings. The molecule has 2 aromatic rings. The van der Waals surface area contributed by atoms with Crippen LogP contribution in [0.25, 0.3) is 0 Å². The quantitative estimate of drug-likeness (QED) is 0.620. The van der Waals surface area contributed by atoms with Crippen molar-refractivity contribution in [3.63, 3.8) is 0 Å². The molecule has 0 spiro atoms. The van der Waals surface area contributed by atoms with E-state index in [1.54, 1.807) is 19.1 Å². The minimum Gasteiger partial charge on any atom is -0.461 e. The molecule has 0 unspecified atom stereocenters. The number of Topliss-reactive ketones (excluding diaryl/α,β-unsaturated/α-hetero) is 1. The second-order valence-electron chi connectivity index (χ2n) is 5.57. The van der Waals surface area contributed by atoms with Crippen LogP contribution in [0.3, 0.4) is 0 Å². The molecule has 1 heterocycles. The average molecular weight is 332 g/mol. The number of esters is 1. The number of aryl methyl sites for hydroxylation is 1. The third-order valence-electron chi connectivity index (χ3n) is 3.03. The van der Waals surface area contributed by atoms with Crippen LogP contribution in [-0.2, 0) is 4.74 Å². The number of aromatic nitrogens is 1. The van der Waals surface area contributed by atoms with Gasteiger partial charge in [-0.1, -0.05) is 55.5 Å². The standard InChI is InChI=1S/C17H20N2O3S/c1-11(2)10-22-16(21)15-12(3)19-17(23-15)18-9-14(20)13-7-5-4-6-8-13/h4-8,11H,9-10H2,1-3H3,(H,18,19). The lowest BCUT2D eigenvalue weighted by Gasteiger charge is -2.05. The highest BCUT2D eigenvalue weighted by atomic mass is 32.1. The monoisotopic (exact) mass is 332 g/mol. The van der Waals surface area contributed by atoms with E-state index in [0.29, 0.717) is 27.9 Å². The Balaban J connectivity index is 1.95. The molecule has 0 aliphatic heterocycles. The van der Waals surface area contributed by atoms with Gasteiger partial charge < -0.3 is 10.1 Å². The number of nitrogens with one attached hydrogen (secondary N) is 1. The average Bonchev–Trinajstić information content (AvgIpc) is 2.92. The lowest BCUT2D eigenvalue weighted by atomic mass is 10.1. The fourth-order valence-electron chi connectivity index (χ4n) is 1.85. The van der Waals surface area contributed by atoms with E-state index in [9.17, 15) is 9.59 Å². The molecule has 1 aromatic heterocycles. The number of hydrogen-bond acceptors (Lipinski definition) is 6. The van der Waals surface area contributed by atoms with Crippen molar-refractivity contribution >= 4 is 28.2 Å². The molecule has 6 heteroatoms. The zero-order valence-electron chi connectivity index (χ0n) is 13.5. The van der Waals surface area contributed by atoms with Gasteiger partial charge in [-0.25, -0.2) is 9.78 Å². The molecule has 5 nitrogen and oxygen atoms in total. The Kier molecular flexibility index (Phi) is 5.87. The lowest BCUT2D eigenvalue weighted by molar-refractivity contribution is 0.0463. The number of carbonyl (C=O) groups excluding carboxylic acids is 2. The van der Waals surface area contributed by atoms with Gasteiger partial charge in [-0.3, -0.25) is 4.79 Å². The van der Waals surface area contributed by atoms with Crippen LogP contribution < -0.4 is 5.32 Å². The normalized spacial score (nSPS) is 10.6. The summed E-state index contributed by atoms with van der Waals surface area (Å²) >= 11 is 1.21. The highest BCUT2D eigenvalue weighted by molar-refractivity contribution is 7.17. The number of thiazole rings is 1. The first-order chi connectivity index (χ1) is 11.0. The van der Waals surface area contributed by atoms with E-state index in [-0.39, 0.29) is 24.2 Å². The summed E-state index contributed by atoms with van der Waals surface area (Å²) in [5.74, 6) is -0.105. The summed E-state index contributed by atoms with van der Waals surface area (Å²) in [6, 6.07) is 9.05. The second-order valence-corrected chi connectivity index (χ2v) is 6.57. The molecule has 0 atom stereocenters. The maximum atomic E-state index is 12.0. The minimum absolute atomic E-state index is 0.0256. The number of rotatable bonds is 7. The molecule has 2 rings (SSSR count). The van der Waals surface area contributed by atoms with E-state index >= 15 is 0 Å². The van der Waals surface area contributed by atoms with Crippen molar-refractivity contribution in [2.75, 3.05) is 18.5 Å². The Hall–Kier alpha value is -2.21. The van der Waals surface area contributed by atoms with Crippen molar-refractivity contribution in [1.29, 1.82) is 0 Å². The van der Waals surface area contributed by atoms with Gasteiger partial charge >= 0.3 is 5.97 Å². The fourth-order valence-corrected chi connectivity index (χ4v) is 2.71. The number of anilines is 1. The molecule has 0 saturated carbocycles. The number of benzene rings is 1. The zero-order valence-corrected chi connectivity index (χ0v) is 14.3. The summed E-state index contributed by atoms with van der Waals surface area (Å²) in [4.78, 5) is 28.8. The van der Waals surface area contributed by atoms with Crippen molar-refractivity contribution in [2.45, 2.75) is 20.8 Å². The van der Waals surface area contributed by atoms with Crippen LogP contribution in [-0.4, -0.2) is 29.9 Å².